The first-order chi connectivity index (χ1) is 7.66. The average Bonchev–Trinajstić information content (AvgIpc) is 2.25. The zero-order chi connectivity index (χ0) is 12.0. The number of ether oxygens (including phenoxy) is 1. The first-order valence-corrected chi connectivity index (χ1v) is 6.51. The number of thioether (sulfide) groups is 1. The number of hydrogen-bond donors (Lipinski definition) is 1. The van der Waals surface area contributed by atoms with Gasteiger partial charge in [0.05, 0.1) is 6.61 Å². The molecule has 4 heteroatoms. The lowest BCUT2D eigenvalue weighted by Gasteiger charge is -2.11. The number of carboxylic acid groups (broad SMARTS) is 1. The summed E-state index contributed by atoms with van der Waals surface area (Å²) in [6.45, 7) is 2.42. The van der Waals surface area contributed by atoms with E-state index < -0.39 is 5.97 Å². The number of para-hydroxylation sites is 1. The Balaban J connectivity index is 2.73. The molecule has 0 spiro atoms. The van der Waals surface area contributed by atoms with Crippen LogP contribution in [0.2, 0.25) is 0 Å². The third-order valence-corrected chi connectivity index (χ3v) is 2.88. The molecule has 1 aromatic carbocycles. The summed E-state index contributed by atoms with van der Waals surface area (Å²) >= 11 is 1.76. The van der Waals surface area contributed by atoms with Crippen molar-refractivity contribution in [1.29, 1.82) is 0 Å². The third kappa shape index (κ3) is 3.45. The van der Waals surface area contributed by atoms with E-state index in [0.29, 0.717) is 12.4 Å². The fourth-order valence-corrected chi connectivity index (χ4v) is 1.80. The first-order valence-electron chi connectivity index (χ1n) is 5.11. The van der Waals surface area contributed by atoms with Crippen molar-refractivity contribution in [2.24, 2.45) is 0 Å². The lowest BCUT2D eigenvalue weighted by atomic mass is 10.1. The second-order valence-electron chi connectivity index (χ2n) is 3.45. The number of rotatable bonds is 6. The van der Waals surface area contributed by atoms with E-state index in [1.54, 1.807) is 23.9 Å². The molecule has 3 nitrogen and oxygen atoms in total. The van der Waals surface area contributed by atoms with Crippen molar-refractivity contribution in [2.45, 2.75) is 13.3 Å². The van der Waals surface area contributed by atoms with Gasteiger partial charge in [-0.25, -0.2) is 4.79 Å². The van der Waals surface area contributed by atoms with Crippen LogP contribution in [-0.4, -0.2) is 29.7 Å². The Morgan fingerprint density at radius 2 is 2.25 bits per heavy atom. The smallest absolute Gasteiger partial charge is 0.339 e. The second-order valence-corrected chi connectivity index (χ2v) is 4.44. The number of aryl methyl sites for hydroxylation is 1. The lowest BCUT2D eigenvalue weighted by molar-refractivity contribution is 0.0692. The van der Waals surface area contributed by atoms with Crippen LogP contribution in [0.5, 0.6) is 5.75 Å². The molecule has 0 fully saturated rings. The molecular formula is C12H16O3S. The average molecular weight is 240 g/mol. The van der Waals surface area contributed by atoms with Gasteiger partial charge in [0.2, 0.25) is 0 Å². The zero-order valence-corrected chi connectivity index (χ0v) is 10.3. The maximum absolute atomic E-state index is 11.0. The molecule has 0 aliphatic heterocycles. The van der Waals surface area contributed by atoms with Gasteiger partial charge in [0.15, 0.2) is 0 Å². The van der Waals surface area contributed by atoms with Gasteiger partial charge in [0.1, 0.15) is 11.3 Å². The van der Waals surface area contributed by atoms with Gasteiger partial charge in [-0.15, -0.1) is 0 Å². The van der Waals surface area contributed by atoms with Gasteiger partial charge in [-0.3, -0.25) is 0 Å². The Bertz CT molecular complexity index is 363. The van der Waals surface area contributed by atoms with E-state index in [9.17, 15) is 4.79 Å². The topological polar surface area (TPSA) is 46.5 Å². The van der Waals surface area contributed by atoms with Crippen molar-refractivity contribution in [3.63, 3.8) is 0 Å². The third-order valence-electron chi connectivity index (χ3n) is 2.18. The predicted molar refractivity (Wildman–Crippen MR) is 66.6 cm³/mol. The minimum atomic E-state index is -0.941. The van der Waals surface area contributed by atoms with Crippen LogP contribution >= 0.6 is 11.8 Å². The number of aromatic carboxylic acids is 1. The molecule has 0 bridgehead atoms. The highest BCUT2D eigenvalue weighted by molar-refractivity contribution is 7.98. The van der Waals surface area contributed by atoms with Gasteiger partial charge >= 0.3 is 5.97 Å². The standard InChI is InChI=1S/C12H16O3S/c1-9-5-3-6-10(12(13)14)11(9)15-7-4-8-16-2/h3,5-6H,4,7-8H2,1-2H3,(H,13,14). The molecule has 16 heavy (non-hydrogen) atoms. The fraction of sp³-hybridized carbons (Fsp3) is 0.417. The largest absolute Gasteiger partial charge is 0.492 e. The number of hydrogen-bond acceptors (Lipinski definition) is 3. The summed E-state index contributed by atoms with van der Waals surface area (Å²) in [7, 11) is 0. The maximum Gasteiger partial charge on any atom is 0.339 e. The molecule has 1 rings (SSSR count). The fourth-order valence-electron chi connectivity index (χ4n) is 1.39. The van der Waals surface area contributed by atoms with E-state index in [2.05, 4.69) is 0 Å². The maximum atomic E-state index is 11.0. The summed E-state index contributed by atoms with van der Waals surface area (Å²) in [5.74, 6) is 0.577. The summed E-state index contributed by atoms with van der Waals surface area (Å²) in [6.07, 6.45) is 2.96. The number of benzene rings is 1. The molecule has 1 N–H and O–H groups in total. The Labute approximate surface area is 99.8 Å². The van der Waals surface area contributed by atoms with Crippen LogP contribution in [0.15, 0.2) is 18.2 Å². The summed E-state index contributed by atoms with van der Waals surface area (Å²) < 4.78 is 5.54. The molecular weight excluding hydrogens is 224 g/mol. The first kappa shape index (κ1) is 12.9. The van der Waals surface area contributed by atoms with Crippen molar-refractivity contribution in [1.82, 2.24) is 0 Å². The molecule has 0 radical (unpaired) electrons. The van der Waals surface area contributed by atoms with Crippen molar-refractivity contribution in [2.75, 3.05) is 18.6 Å². The lowest BCUT2D eigenvalue weighted by Crippen LogP contribution is -2.06. The van der Waals surface area contributed by atoms with E-state index in [1.807, 2.05) is 19.2 Å². The Morgan fingerprint density at radius 1 is 1.50 bits per heavy atom. The van der Waals surface area contributed by atoms with E-state index >= 15 is 0 Å². The minimum absolute atomic E-state index is 0.240. The van der Waals surface area contributed by atoms with Crippen molar-refractivity contribution >= 4 is 17.7 Å². The summed E-state index contributed by atoms with van der Waals surface area (Å²) in [5.41, 5.74) is 1.10. The monoisotopic (exact) mass is 240 g/mol. The second kappa shape index (κ2) is 6.43. The highest BCUT2D eigenvalue weighted by Gasteiger charge is 2.12. The molecule has 0 saturated carbocycles. The highest BCUT2D eigenvalue weighted by atomic mass is 32.2. The van der Waals surface area contributed by atoms with Gasteiger partial charge in [0, 0.05) is 0 Å². The van der Waals surface area contributed by atoms with Crippen LogP contribution in [0.1, 0.15) is 22.3 Å². The van der Waals surface area contributed by atoms with Gasteiger partial charge in [0.25, 0.3) is 0 Å². The van der Waals surface area contributed by atoms with E-state index in [4.69, 9.17) is 9.84 Å². The van der Waals surface area contributed by atoms with Crippen LogP contribution in [0.4, 0.5) is 0 Å². The number of carbonyl (C=O) groups is 1. The quantitative estimate of drug-likeness (QED) is 0.777. The van der Waals surface area contributed by atoms with Gasteiger partial charge in [-0.2, -0.15) is 11.8 Å². The molecule has 1 aromatic rings. The van der Waals surface area contributed by atoms with Gasteiger partial charge < -0.3 is 9.84 Å². The van der Waals surface area contributed by atoms with E-state index in [-0.39, 0.29) is 5.56 Å². The zero-order valence-electron chi connectivity index (χ0n) is 9.53. The molecule has 0 aliphatic rings. The molecule has 88 valence electrons. The van der Waals surface area contributed by atoms with Gasteiger partial charge in [-0.05, 0) is 37.0 Å². The Hall–Kier alpha value is -1.16. The molecule has 0 unspecified atom stereocenters. The van der Waals surface area contributed by atoms with E-state index in [1.165, 1.54) is 0 Å². The van der Waals surface area contributed by atoms with Crippen LogP contribution in [0, 0.1) is 6.92 Å². The molecule has 0 saturated heterocycles. The molecule has 0 aliphatic carbocycles. The highest BCUT2D eigenvalue weighted by Crippen LogP contribution is 2.23. The van der Waals surface area contributed by atoms with Gasteiger partial charge in [-0.1, -0.05) is 12.1 Å². The molecule has 0 amide bonds. The van der Waals surface area contributed by atoms with Crippen molar-refractivity contribution in [3.8, 4) is 5.75 Å². The molecule has 0 heterocycles. The Kier molecular flexibility index (Phi) is 5.19. The summed E-state index contributed by atoms with van der Waals surface area (Å²) in [6, 6.07) is 5.16. The van der Waals surface area contributed by atoms with E-state index in [0.717, 1.165) is 17.7 Å². The number of carboxylic acids is 1. The van der Waals surface area contributed by atoms with Crippen LogP contribution in [0.3, 0.4) is 0 Å². The summed E-state index contributed by atoms with van der Waals surface area (Å²) in [4.78, 5) is 11.0. The molecule has 0 atom stereocenters. The Morgan fingerprint density at radius 3 is 2.88 bits per heavy atom. The van der Waals surface area contributed by atoms with Crippen molar-refractivity contribution in [3.05, 3.63) is 29.3 Å². The molecule has 0 aromatic heterocycles. The summed E-state index contributed by atoms with van der Waals surface area (Å²) in [5, 5.41) is 9.01. The minimum Gasteiger partial charge on any atom is -0.492 e. The van der Waals surface area contributed by atoms with Crippen LogP contribution in [0.25, 0.3) is 0 Å². The van der Waals surface area contributed by atoms with Crippen LogP contribution in [-0.2, 0) is 0 Å². The SMILES string of the molecule is CSCCCOc1c(C)cccc1C(=O)O. The van der Waals surface area contributed by atoms with Crippen LogP contribution < -0.4 is 4.74 Å². The predicted octanol–water partition coefficient (Wildman–Crippen LogP) is 2.83. The normalized spacial score (nSPS) is 10.1. The van der Waals surface area contributed by atoms with Crippen molar-refractivity contribution < 1.29 is 14.6 Å².